The number of hydrogen-bond donors (Lipinski definition) is 0. The molecule has 7 heteroatoms. The van der Waals surface area contributed by atoms with Crippen molar-refractivity contribution in [2.75, 3.05) is 0 Å². The lowest BCUT2D eigenvalue weighted by Crippen LogP contribution is -2.00. The summed E-state index contributed by atoms with van der Waals surface area (Å²) in [5.74, 6) is 1.95. The van der Waals surface area contributed by atoms with Crippen LogP contribution < -0.4 is 0 Å². The number of fused-ring (bicyclic) bond motifs is 14. The Morgan fingerprint density at radius 1 is 0.222 bits per heavy atom. The van der Waals surface area contributed by atoms with E-state index >= 15 is 0 Å². The van der Waals surface area contributed by atoms with E-state index in [4.69, 9.17) is 19.9 Å². The molecule has 0 N–H and O–H groups in total. The van der Waals surface area contributed by atoms with Gasteiger partial charge in [0.15, 0.2) is 17.5 Å². The predicted octanol–water partition coefficient (Wildman–Crippen LogP) is 21.2. The minimum atomic E-state index is 0.644. The van der Waals surface area contributed by atoms with Crippen LogP contribution in [0.3, 0.4) is 0 Å². The third-order valence-electron chi connectivity index (χ3n) is 17.5. The topological polar surface area (TPSA) is 74.3 Å². The first-order valence-electron chi connectivity index (χ1n) is 30.4. The smallest absolute Gasteiger partial charge is 0.164 e. The molecule has 0 amide bonds. The molecule has 0 radical (unpaired) electrons. The van der Waals surface area contributed by atoms with E-state index in [1.807, 2.05) is 91.1 Å². The highest BCUT2D eigenvalue weighted by Gasteiger charge is 2.21. The van der Waals surface area contributed by atoms with E-state index in [1.165, 1.54) is 92.3 Å². The molecular weight excluding hydrogens is 1090 g/mol. The molecule has 0 aliphatic rings. The lowest BCUT2D eigenvalue weighted by Gasteiger charge is -2.13. The highest BCUT2D eigenvalue weighted by atomic mass is 15.0. The van der Waals surface area contributed by atoms with E-state index in [0.717, 1.165) is 56.1 Å². The zero-order valence-electron chi connectivity index (χ0n) is 48.7. The van der Waals surface area contributed by atoms with E-state index < -0.39 is 0 Å². The van der Waals surface area contributed by atoms with Gasteiger partial charge >= 0.3 is 0 Å². The third kappa shape index (κ3) is 9.11. The van der Waals surface area contributed by atoms with Crippen molar-refractivity contribution in [1.29, 1.82) is 0 Å². The summed E-state index contributed by atoms with van der Waals surface area (Å²) in [7, 11) is 0. The summed E-state index contributed by atoms with van der Waals surface area (Å²) in [6.07, 6.45) is 3.74. The summed E-state index contributed by atoms with van der Waals surface area (Å²) < 4.78 is 4.82. The summed E-state index contributed by atoms with van der Waals surface area (Å²) in [6, 6.07) is 109. The van der Waals surface area contributed by atoms with Crippen molar-refractivity contribution < 1.29 is 0 Å². The Bertz CT molecular complexity index is 5670. The average Bonchev–Trinajstić information content (AvgIpc) is 1.57. The number of para-hydroxylation sites is 2. The van der Waals surface area contributed by atoms with Gasteiger partial charge in [0, 0.05) is 78.3 Å². The molecule has 0 aliphatic carbocycles. The van der Waals surface area contributed by atoms with Crippen LogP contribution in [0.2, 0.25) is 0 Å². The first-order chi connectivity index (χ1) is 44.6. The van der Waals surface area contributed by atoms with Crippen molar-refractivity contribution in [3.8, 4) is 79.2 Å². The van der Waals surface area contributed by atoms with Crippen LogP contribution in [-0.2, 0) is 0 Å². The Hall–Kier alpha value is -12.2. The minimum Gasteiger partial charge on any atom is -0.309 e. The fourth-order valence-corrected chi connectivity index (χ4v) is 13.2. The largest absolute Gasteiger partial charge is 0.309 e. The SMILES string of the molecule is c1ccc(-c2ccc(-n3c4ccccc4c4ccc5c6ccc(-c7ccc(-c8ccccn8)nc7)cc6ccc5c43)cc2)cc1.c1ccc(-c2nc(-c3ccccc3)nc(-c3ccc4c5ccc6c7ccccc7ccc6c5n(-c5ccccc5)c4c3)n2)cc1. The molecule has 13 aromatic carbocycles. The zero-order valence-corrected chi connectivity index (χ0v) is 48.7. The van der Waals surface area contributed by atoms with Gasteiger partial charge in [-0.2, -0.15) is 0 Å². The van der Waals surface area contributed by atoms with Gasteiger partial charge in [0.25, 0.3) is 0 Å². The summed E-state index contributed by atoms with van der Waals surface area (Å²) >= 11 is 0. The van der Waals surface area contributed by atoms with Gasteiger partial charge < -0.3 is 9.13 Å². The molecule has 0 fully saturated rings. The molecule has 0 aliphatic heterocycles. The van der Waals surface area contributed by atoms with Gasteiger partial charge in [0.1, 0.15) is 0 Å². The van der Waals surface area contributed by atoms with Gasteiger partial charge in [0.2, 0.25) is 0 Å². The fraction of sp³-hybridized carbons (Fsp3) is 0. The van der Waals surface area contributed by atoms with Crippen molar-refractivity contribution >= 4 is 86.7 Å². The van der Waals surface area contributed by atoms with Crippen LogP contribution in [0.1, 0.15) is 0 Å². The number of benzene rings is 13. The normalized spacial score (nSPS) is 11.6. The second kappa shape index (κ2) is 22.0. The molecule has 0 saturated heterocycles. The van der Waals surface area contributed by atoms with Crippen molar-refractivity contribution in [3.63, 3.8) is 0 Å². The molecule has 0 atom stereocenters. The van der Waals surface area contributed by atoms with Gasteiger partial charge in [-0.15, -0.1) is 0 Å². The molecule has 7 nitrogen and oxygen atoms in total. The zero-order chi connectivity index (χ0) is 59.5. The highest BCUT2D eigenvalue weighted by molar-refractivity contribution is 6.25. The van der Waals surface area contributed by atoms with Gasteiger partial charge in [-0.1, -0.05) is 249 Å². The van der Waals surface area contributed by atoms with Crippen molar-refractivity contribution in [1.82, 2.24) is 34.1 Å². The van der Waals surface area contributed by atoms with Crippen LogP contribution >= 0.6 is 0 Å². The predicted molar refractivity (Wildman–Crippen MR) is 373 cm³/mol. The quantitative estimate of drug-likeness (QED) is 0.142. The second-order valence-electron chi connectivity index (χ2n) is 22.8. The Labute approximate surface area is 518 Å². The van der Waals surface area contributed by atoms with E-state index in [2.05, 4.69) is 239 Å². The molecule has 0 bridgehead atoms. The summed E-state index contributed by atoms with van der Waals surface area (Å²) in [4.78, 5) is 24.1. The first kappa shape index (κ1) is 52.2. The number of nitrogens with zero attached hydrogens (tertiary/aromatic N) is 7. The molecule has 420 valence electrons. The van der Waals surface area contributed by atoms with Gasteiger partial charge in [-0.25, -0.2) is 15.0 Å². The maximum absolute atomic E-state index is 5.02. The van der Waals surface area contributed by atoms with Crippen LogP contribution in [0.15, 0.2) is 322 Å². The standard InChI is InChI=1S/C42H27N3.C41H26N4/c1-2-8-28(9-3-1)29-13-18-33(19-14-29)45-41-12-5-4-10-36(41)38-23-22-35-34-20-15-30(26-31(34)16-21-37(35)42(38)45)32-17-24-40(44-27-32)39-11-6-7-25-43-39;1-4-13-28(14-5-1)39-42-40(29-15-6-2-7-16-29)44-41(43-39)30-21-22-34-36-25-24-33-32-19-11-10-12-27(32)20-23-35(33)38(36)45(37(34)26-30)31-17-8-3-9-18-31/h1-27H;1-26H. The van der Waals surface area contributed by atoms with Gasteiger partial charge in [-0.05, 0) is 110 Å². The average molecular weight is 1150 g/mol. The summed E-state index contributed by atoms with van der Waals surface area (Å²) in [5, 5.41) is 14.9. The van der Waals surface area contributed by atoms with Crippen molar-refractivity contribution in [2.24, 2.45) is 0 Å². The van der Waals surface area contributed by atoms with Gasteiger partial charge in [-0.3, -0.25) is 9.97 Å². The van der Waals surface area contributed by atoms with Crippen LogP contribution in [0.5, 0.6) is 0 Å². The number of pyridine rings is 2. The molecular formula is C83H53N7. The van der Waals surface area contributed by atoms with Crippen molar-refractivity contribution in [2.45, 2.75) is 0 Å². The molecule has 5 aromatic heterocycles. The molecule has 0 unspecified atom stereocenters. The molecule has 5 heterocycles. The number of rotatable bonds is 8. The maximum Gasteiger partial charge on any atom is 0.164 e. The maximum atomic E-state index is 5.02. The van der Waals surface area contributed by atoms with E-state index in [-0.39, 0.29) is 0 Å². The molecule has 0 spiro atoms. The molecule has 18 aromatic rings. The minimum absolute atomic E-state index is 0.644. The Kier molecular flexibility index (Phi) is 12.7. The van der Waals surface area contributed by atoms with E-state index in [9.17, 15) is 0 Å². The number of hydrogen-bond acceptors (Lipinski definition) is 5. The summed E-state index contributed by atoms with van der Waals surface area (Å²) in [5.41, 5.74) is 16.3. The summed E-state index contributed by atoms with van der Waals surface area (Å²) in [6.45, 7) is 0. The Morgan fingerprint density at radius 2 is 0.656 bits per heavy atom. The first-order valence-corrected chi connectivity index (χ1v) is 30.4. The van der Waals surface area contributed by atoms with Crippen LogP contribution in [-0.4, -0.2) is 34.1 Å². The third-order valence-corrected chi connectivity index (χ3v) is 17.5. The second-order valence-corrected chi connectivity index (χ2v) is 22.8. The van der Waals surface area contributed by atoms with Crippen molar-refractivity contribution in [3.05, 3.63) is 322 Å². The lowest BCUT2D eigenvalue weighted by atomic mass is 9.96. The monoisotopic (exact) mass is 1150 g/mol. The van der Waals surface area contributed by atoms with Crippen LogP contribution in [0, 0.1) is 0 Å². The van der Waals surface area contributed by atoms with Crippen LogP contribution in [0.25, 0.3) is 166 Å². The molecule has 18 rings (SSSR count). The van der Waals surface area contributed by atoms with Gasteiger partial charge in [0.05, 0.1) is 33.5 Å². The molecule has 90 heavy (non-hydrogen) atoms. The Balaban J connectivity index is 0.000000139. The molecule has 0 saturated carbocycles. The Morgan fingerprint density at radius 3 is 1.30 bits per heavy atom. The fourth-order valence-electron chi connectivity index (χ4n) is 13.2. The highest BCUT2D eigenvalue weighted by Crippen LogP contribution is 2.42. The van der Waals surface area contributed by atoms with E-state index in [0.29, 0.717) is 17.5 Å². The van der Waals surface area contributed by atoms with E-state index in [1.54, 1.807) is 6.20 Å². The lowest BCUT2D eigenvalue weighted by molar-refractivity contribution is 1.07. The number of aromatic nitrogens is 7. The van der Waals surface area contributed by atoms with Crippen LogP contribution in [0.4, 0.5) is 0 Å².